The van der Waals surface area contributed by atoms with Gasteiger partial charge in [-0.05, 0) is 26.7 Å². The van der Waals surface area contributed by atoms with Gasteiger partial charge in [-0.2, -0.15) is 0 Å². The molecule has 1 rings (SSSR count). The maximum Gasteiger partial charge on any atom is 0.0446 e. The minimum atomic E-state index is 0. The Morgan fingerprint density at radius 2 is 1.67 bits per heavy atom. The summed E-state index contributed by atoms with van der Waals surface area (Å²) < 4.78 is 0. The van der Waals surface area contributed by atoms with E-state index in [1.165, 1.54) is 5.56 Å². The molecule has 0 amide bonds. The third-order valence-electron chi connectivity index (χ3n) is 2.10. The first kappa shape index (κ1) is 17.1. The molecule has 0 spiro atoms. The fourth-order valence-electron chi connectivity index (χ4n) is 1.41. The summed E-state index contributed by atoms with van der Waals surface area (Å²) in [6, 6.07) is 10.9. The van der Waals surface area contributed by atoms with Crippen LogP contribution in [0.3, 0.4) is 0 Å². The summed E-state index contributed by atoms with van der Waals surface area (Å²) in [5.41, 5.74) is 1.35. The van der Waals surface area contributed by atoms with E-state index < -0.39 is 0 Å². The molecule has 1 atom stereocenters. The van der Waals surface area contributed by atoms with Crippen LogP contribution in [-0.4, -0.2) is 32.6 Å². The highest BCUT2D eigenvalue weighted by molar-refractivity contribution is 5.85. The Morgan fingerprint density at radius 3 is 2.07 bits per heavy atom. The number of nitrogens with one attached hydrogen (secondary N) is 1. The van der Waals surface area contributed by atoms with E-state index in [4.69, 9.17) is 0 Å². The SMILES string of the molecule is CNC(CN(C)C)c1ccccc1.Cl.Cl. The molecule has 1 N–H and O–H groups in total. The molecule has 0 aromatic heterocycles. The van der Waals surface area contributed by atoms with E-state index >= 15 is 0 Å². The molecule has 1 aromatic rings. The van der Waals surface area contributed by atoms with E-state index in [9.17, 15) is 0 Å². The van der Waals surface area contributed by atoms with Crippen molar-refractivity contribution in [1.29, 1.82) is 0 Å². The van der Waals surface area contributed by atoms with Crippen LogP contribution in [0.15, 0.2) is 30.3 Å². The zero-order valence-corrected chi connectivity index (χ0v) is 11.1. The van der Waals surface area contributed by atoms with E-state index in [1.807, 2.05) is 13.1 Å². The maximum absolute atomic E-state index is 3.31. The van der Waals surface area contributed by atoms with Crippen molar-refractivity contribution < 1.29 is 0 Å². The predicted octanol–water partition coefficient (Wildman–Crippen LogP) is 2.35. The van der Waals surface area contributed by atoms with Gasteiger partial charge in [0.05, 0.1) is 0 Å². The van der Waals surface area contributed by atoms with Gasteiger partial charge in [0.25, 0.3) is 0 Å². The number of benzene rings is 1. The molecule has 0 fully saturated rings. The van der Waals surface area contributed by atoms with Crippen molar-refractivity contribution in [3.05, 3.63) is 35.9 Å². The Hall–Kier alpha value is -0.280. The zero-order chi connectivity index (χ0) is 9.68. The third kappa shape index (κ3) is 6.00. The van der Waals surface area contributed by atoms with Gasteiger partial charge in [0, 0.05) is 12.6 Å². The highest BCUT2D eigenvalue weighted by Gasteiger charge is 2.08. The summed E-state index contributed by atoms with van der Waals surface area (Å²) >= 11 is 0. The molecule has 0 bridgehead atoms. The van der Waals surface area contributed by atoms with Gasteiger partial charge >= 0.3 is 0 Å². The molecule has 1 aromatic carbocycles. The van der Waals surface area contributed by atoms with Crippen molar-refractivity contribution in [3.8, 4) is 0 Å². The van der Waals surface area contributed by atoms with Crippen molar-refractivity contribution >= 4 is 24.8 Å². The summed E-state index contributed by atoms with van der Waals surface area (Å²) in [6.07, 6.45) is 0. The molecule has 0 aliphatic carbocycles. The normalized spacial score (nSPS) is 11.5. The van der Waals surface area contributed by atoms with Crippen molar-refractivity contribution in [2.45, 2.75) is 6.04 Å². The number of rotatable bonds is 4. The lowest BCUT2D eigenvalue weighted by Gasteiger charge is -2.20. The number of likely N-dealkylation sites (N-methyl/N-ethyl adjacent to an activating group) is 2. The smallest absolute Gasteiger partial charge is 0.0446 e. The maximum atomic E-state index is 3.31. The quantitative estimate of drug-likeness (QED) is 0.883. The number of hydrogen-bond donors (Lipinski definition) is 1. The second-order valence-corrected chi connectivity index (χ2v) is 3.51. The van der Waals surface area contributed by atoms with Crippen molar-refractivity contribution in [3.63, 3.8) is 0 Å². The van der Waals surface area contributed by atoms with E-state index in [0.717, 1.165) is 6.54 Å². The second-order valence-electron chi connectivity index (χ2n) is 3.51. The monoisotopic (exact) mass is 250 g/mol. The van der Waals surface area contributed by atoms with Gasteiger partial charge in [-0.25, -0.2) is 0 Å². The lowest BCUT2D eigenvalue weighted by molar-refractivity contribution is 0.353. The van der Waals surface area contributed by atoms with Crippen molar-refractivity contribution in [1.82, 2.24) is 10.2 Å². The molecule has 2 nitrogen and oxygen atoms in total. The lowest BCUT2D eigenvalue weighted by atomic mass is 10.1. The average molecular weight is 251 g/mol. The summed E-state index contributed by atoms with van der Waals surface area (Å²) in [5.74, 6) is 0. The van der Waals surface area contributed by atoms with Gasteiger partial charge in [-0.1, -0.05) is 30.3 Å². The topological polar surface area (TPSA) is 15.3 Å². The first-order valence-corrected chi connectivity index (χ1v) is 4.61. The highest BCUT2D eigenvalue weighted by atomic mass is 35.5. The molecule has 1 unspecified atom stereocenters. The number of nitrogens with zero attached hydrogens (tertiary/aromatic N) is 1. The Balaban J connectivity index is 0. The van der Waals surface area contributed by atoms with Crippen molar-refractivity contribution in [2.24, 2.45) is 0 Å². The molecule has 0 saturated heterocycles. The molecule has 15 heavy (non-hydrogen) atoms. The number of halogens is 2. The van der Waals surface area contributed by atoms with E-state index in [0.29, 0.717) is 6.04 Å². The minimum absolute atomic E-state index is 0. The Labute approximate surface area is 105 Å². The van der Waals surface area contributed by atoms with Gasteiger partial charge in [-0.15, -0.1) is 24.8 Å². The first-order valence-electron chi connectivity index (χ1n) is 4.61. The van der Waals surface area contributed by atoms with Crippen LogP contribution in [0, 0.1) is 0 Å². The minimum Gasteiger partial charge on any atom is -0.312 e. The lowest BCUT2D eigenvalue weighted by Crippen LogP contribution is -2.28. The van der Waals surface area contributed by atoms with Crippen molar-refractivity contribution in [2.75, 3.05) is 27.7 Å². The van der Waals surface area contributed by atoms with Gasteiger partial charge in [0.15, 0.2) is 0 Å². The average Bonchev–Trinajstić information content (AvgIpc) is 2.15. The molecular formula is C11H20Cl2N2. The van der Waals surface area contributed by atoms with Crippen LogP contribution in [0.5, 0.6) is 0 Å². The molecular weight excluding hydrogens is 231 g/mol. The van der Waals surface area contributed by atoms with Crippen LogP contribution in [0.4, 0.5) is 0 Å². The fraction of sp³-hybridized carbons (Fsp3) is 0.455. The summed E-state index contributed by atoms with van der Waals surface area (Å²) in [7, 11) is 6.18. The zero-order valence-electron chi connectivity index (χ0n) is 9.43. The van der Waals surface area contributed by atoms with E-state index in [1.54, 1.807) is 0 Å². The van der Waals surface area contributed by atoms with Crippen LogP contribution in [0.1, 0.15) is 11.6 Å². The van der Waals surface area contributed by atoms with Gasteiger partial charge in [0.1, 0.15) is 0 Å². The Kier molecular flexibility index (Phi) is 10.3. The van der Waals surface area contributed by atoms with Gasteiger partial charge in [-0.3, -0.25) is 0 Å². The molecule has 0 aliphatic heterocycles. The third-order valence-corrected chi connectivity index (χ3v) is 2.10. The number of hydrogen-bond acceptors (Lipinski definition) is 2. The molecule has 0 saturated carbocycles. The van der Waals surface area contributed by atoms with Gasteiger partial charge in [0.2, 0.25) is 0 Å². The molecule has 4 heteroatoms. The predicted molar refractivity (Wildman–Crippen MR) is 71.3 cm³/mol. The van der Waals surface area contributed by atoms with E-state index in [2.05, 4.69) is 48.6 Å². The van der Waals surface area contributed by atoms with Crippen LogP contribution in [0.2, 0.25) is 0 Å². The second kappa shape index (κ2) is 8.98. The fourth-order valence-corrected chi connectivity index (χ4v) is 1.41. The molecule has 0 aliphatic rings. The summed E-state index contributed by atoms with van der Waals surface area (Å²) in [5, 5.41) is 3.31. The Bertz CT molecular complexity index is 240. The van der Waals surface area contributed by atoms with Gasteiger partial charge < -0.3 is 10.2 Å². The van der Waals surface area contributed by atoms with E-state index in [-0.39, 0.29) is 24.8 Å². The largest absolute Gasteiger partial charge is 0.312 e. The molecule has 0 radical (unpaired) electrons. The highest BCUT2D eigenvalue weighted by Crippen LogP contribution is 2.11. The molecule has 0 heterocycles. The standard InChI is InChI=1S/C11H18N2.2ClH/c1-12-11(9-13(2)3)10-7-5-4-6-8-10;;/h4-8,11-12H,9H2,1-3H3;2*1H. The summed E-state index contributed by atoms with van der Waals surface area (Å²) in [6.45, 7) is 1.03. The molecule has 88 valence electrons. The van der Waals surface area contributed by atoms with Crippen LogP contribution < -0.4 is 5.32 Å². The van der Waals surface area contributed by atoms with Crippen LogP contribution in [0.25, 0.3) is 0 Å². The Morgan fingerprint density at radius 1 is 1.13 bits per heavy atom. The van der Waals surface area contributed by atoms with Crippen LogP contribution >= 0.6 is 24.8 Å². The summed E-state index contributed by atoms with van der Waals surface area (Å²) in [4.78, 5) is 2.19. The van der Waals surface area contributed by atoms with Crippen LogP contribution in [-0.2, 0) is 0 Å². The first-order chi connectivity index (χ1) is 6.24.